The zero-order valence-corrected chi connectivity index (χ0v) is 9.13. The van der Waals surface area contributed by atoms with Gasteiger partial charge in [0, 0.05) is 0 Å². The van der Waals surface area contributed by atoms with Gasteiger partial charge < -0.3 is 0 Å². The monoisotopic (exact) mass is 197 g/mol. The van der Waals surface area contributed by atoms with E-state index in [0.717, 1.165) is 19.3 Å². The summed E-state index contributed by atoms with van der Waals surface area (Å²) in [5.41, 5.74) is 3.94. The van der Waals surface area contributed by atoms with Crippen LogP contribution in [0.5, 0.6) is 0 Å². The van der Waals surface area contributed by atoms with Crippen molar-refractivity contribution in [1.82, 2.24) is 0 Å². The molecule has 0 nitrogen and oxygen atoms in total. The Labute approximate surface area is 92.6 Å². The highest BCUT2D eigenvalue weighted by Crippen LogP contribution is 2.17. The number of rotatable bonds is 6. The zero-order chi connectivity index (χ0) is 11.1. The fraction of sp³-hybridized carbons (Fsp3) is 0.200. The van der Waals surface area contributed by atoms with Gasteiger partial charge in [0.05, 0.1) is 0 Å². The molecule has 0 fully saturated rings. The summed E-state index contributed by atoms with van der Waals surface area (Å²) in [5, 5.41) is 0. The molecule has 0 unspecified atom stereocenters. The molecule has 0 amide bonds. The van der Waals surface area contributed by atoms with Crippen LogP contribution < -0.4 is 0 Å². The van der Waals surface area contributed by atoms with Crippen molar-refractivity contribution < 1.29 is 0 Å². The molecule has 0 aliphatic carbocycles. The average Bonchev–Trinajstić information content (AvgIpc) is 2.23. The predicted molar refractivity (Wildman–Crippen MR) is 67.0 cm³/mol. The number of benzene rings is 1. The summed E-state index contributed by atoms with van der Waals surface area (Å²) >= 11 is 0. The lowest BCUT2D eigenvalue weighted by atomic mass is 9.94. The first kappa shape index (κ1) is 11.5. The Morgan fingerprint density at radius 1 is 0.867 bits per heavy atom. The molecule has 0 aliphatic rings. The van der Waals surface area contributed by atoms with E-state index in [9.17, 15) is 0 Å². The molecule has 1 aromatic rings. The first-order valence-corrected chi connectivity index (χ1v) is 5.16. The van der Waals surface area contributed by atoms with E-state index in [0.29, 0.717) is 0 Å². The third-order valence-corrected chi connectivity index (χ3v) is 2.37. The minimum absolute atomic E-state index is 0.894. The van der Waals surface area contributed by atoms with Crippen LogP contribution in [0.3, 0.4) is 0 Å². The molecular weight excluding hydrogens is 180 g/mol. The van der Waals surface area contributed by atoms with Crippen LogP contribution in [-0.2, 0) is 19.3 Å². The van der Waals surface area contributed by atoms with Crippen LogP contribution in [0, 0.1) is 6.07 Å². The Bertz CT molecular complexity index is 330. The second-order valence-corrected chi connectivity index (χ2v) is 3.46. The van der Waals surface area contributed by atoms with Gasteiger partial charge in [-0.25, -0.2) is 0 Å². The highest BCUT2D eigenvalue weighted by atomic mass is 14.1. The van der Waals surface area contributed by atoms with Gasteiger partial charge in [-0.15, -0.1) is 19.7 Å². The predicted octanol–water partition coefficient (Wildman–Crippen LogP) is 3.67. The van der Waals surface area contributed by atoms with Crippen LogP contribution in [0.4, 0.5) is 0 Å². The highest BCUT2D eigenvalue weighted by molar-refractivity contribution is 5.38. The molecule has 0 heterocycles. The van der Waals surface area contributed by atoms with Gasteiger partial charge in [-0.05, 0) is 42.0 Å². The molecule has 0 N–H and O–H groups in total. The molecule has 0 aliphatic heterocycles. The van der Waals surface area contributed by atoms with E-state index < -0.39 is 0 Å². The van der Waals surface area contributed by atoms with E-state index in [1.165, 1.54) is 16.7 Å². The van der Waals surface area contributed by atoms with Crippen LogP contribution in [0.25, 0.3) is 0 Å². The van der Waals surface area contributed by atoms with Gasteiger partial charge in [0.2, 0.25) is 0 Å². The topological polar surface area (TPSA) is 0 Å². The molecule has 0 spiro atoms. The van der Waals surface area contributed by atoms with Crippen molar-refractivity contribution in [3.05, 3.63) is 72.9 Å². The third kappa shape index (κ3) is 2.95. The lowest BCUT2D eigenvalue weighted by molar-refractivity contribution is 1.09. The summed E-state index contributed by atoms with van der Waals surface area (Å²) in [7, 11) is 0. The van der Waals surface area contributed by atoms with Crippen molar-refractivity contribution in [3.63, 3.8) is 0 Å². The van der Waals surface area contributed by atoms with E-state index in [2.05, 4.69) is 25.8 Å². The van der Waals surface area contributed by atoms with Gasteiger partial charge in [0.25, 0.3) is 0 Å². The Hall–Kier alpha value is -1.56. The molecule has 15 heavy (non-hydrogen) atoms. The van der Waals surface area contributed by atoms with Crippen LogP contribution in [0.2, 0.25) is 0 Å². The fourth-order valence-electron chi connectivity index (χ4n) is 1.71. The fourth-order valence-corrected chi connectivity index (χ4v) is 1.71. The van der Waals surface area contributed by atoms with Gasteiger partial charge in [0.15, 0.2) is 0 Å². The molecule has 0 atom stereocenters. The molecular formula is C15H17. The number of hydrogen-bond acceptors (Lipinski definition) is 0. The van der Waals surface area contributed by atoms with Gasteiger partial charge in [0.1, 0.15) is 0 Å². The van der Waals surface area contributed by atoms with E-state index in [-0.39, 0.29) is 0 Å². The molecule has 0 heteroatoms. The van der Waals surface area contributed by atoms with Crippen molar-refractivity contribution in [1.29, 1.82) is 0 Å². The average molecular weight is 197 g/mol. The van der Waals surface area contributed by atoms with Crippen LogP contribution in [0.1, 0.15) is 16.7 Å². The normalized spacial score (nSPS) is 9.60. The van der Waals surface area contributed by atoms with Gasteiger partial charge in [-0.3, -0.25) is 0 Å². The van der Waals surface area contributed by atoms with Crippen LogP contribution >= 0.6 is 0 Å². The minimum atomic E-state index is 0.894. The summed E-state index contributed by atoms with van der Waals surface area (Å²) in [6.07, 6.45) is 8.48. The smallest absolute Gasteiger partial charge is 0.00944 e. The second-order valence-electron chi connectivity index (χ2n) is 3.46. The summed E-state index contributed by atoms with van der Waals surface area (Å²) < 4.78 is 0. The Balaban J connectivity index is 3.13. The highest BCUT2D eigenvalue weighted by Gasteiger charge is 2.04. The maximum Gasteiger partial charge on any atom is -0.00944 e. The maximum absolute atomic E-state index is 3.80. The van der Waals surface area contributed by atoms with Gasteiger partial charge >= 0.3 is 0 Å². The summed E-state index contributed by atoms with van der Waals surface area (Å²) in [6.45, 7) is 11.3. The second kappa shape index (κ2) is 6.02. The number of hydrogen-bond donors (Lipinski definition) is 0. The first-order chi connectivity index (χ1) is 7.33. The Morgan fingerprint density at radius 3 is 1.73 bits per heavy atom. The lowest BCUT2D eigenvalue weighted by Crippen LogP contribution is -1.98. The molecule has 0 saturated heterocycles. The van der Waals surface area contributed by atoms with Gasteiger partial charge in [-0.2, -0.15) is 0 Å². The SMILES string of the molecule is C=CCc1c[c]cc(CC=C)c1CC=C. The van der Waals surface area contributed by atoms with Crippen molar-refractivity contribution >= 4 is 0 Å². The lowest BCUT2D eigenvalue weighted by Gasteiger charge is -2.10. The van der Waals surface area contributed by atoms with E-state index in [1.54, 1.807) is 0 Å². The number of allylic oxidation sites excluding steroid dienone is 3. The van der Waals surface area contributed by atoms with Crippen molar-refractivity contribution in [2.24, 2.45) is 0 Å². The first-order valence-electron chi connectivity index (χ1n) is 5.16. The molecule has 77 valence electrons. The van der Waals surface area contributed by atoms with E-state index in [1.807, 2.05) is 30.4 Å². The molecule has 0 bridgehead atoms. The van der Waals surface area contributed by atoms with Crippen molar-refractivity contribution in [2.75, 3.05) is 0 Å². The van der Waals surface area contributed by atoms with E-state index in [4.69, 9.17) is 0 Å². The van der Waals surface area contributed by atoms with Crippen molar-refractivity contribution in [2.45, 2.75) is 19.3 Å². The van der Waals surface area contributed by atoms with E-state index >= 15 is 0 Å². The largest absolute Gasteiger partial charge is 0.103 e. The molecule has 0 saturated carbocycles. The Kier molecular flexibility index (Phi) is 4.62. The molecule has 1 rings (SSSR count). The van der Waals surface area contributed by atoms with Crippen LogP contribution in [0.15, 0.2) is 50.1 Å². The summed E-state index contributed by atoms with van der Waals surface area (Å²) in [6, 6.07) is 7.24. The summed E-state index contributed by atoms with van der Waals surface area (Å²) in [4.78, 5) is 0. The molecule has 0 aromatic heterocycles. The minimum Gasteiger partial charge on any atom is -0.103 e. The summed E-state index contributed by atoms with van der Waals surface area (Å²) in [5.74, 6) is 0. The van der Waals surface area contributed by atoms with Crippen molar-refractivity contribution in [3.8, 4) is 0 Å². The van der Waals surface area contributed by atoms with Crippen LogP contribution in [-0.4, -0.2) is 0 Å². The van der Waals surface area contributed by atoms with Gasteiger partial charge in [-0.1, -0.05) is 30.4 Å². The molecule has 1 aromatic carbocycles. The zero-order valence-electron chi connectivity index (χ0n) is 9.13. The maximum atomic E-state index is 3.80. The third-order valence-electron chi connectivity index (χ3n) is 2.37. The quantitative estimate of drug-likeness (QED) is 0.610. The standard InChI is InChI=1S/C15H17/c1-4-8-13-11-7-12-14(9-5-2)15(13)10-6-3/h4-6,11-12H,1-3,8-10H2. The Morgan fingerprint density at radius 2 is 1.33 bits per heavy atom. The molecule has 1 radical (unpaired) electrons.